The predicted molar refractivity (Wildman–Crippen MR) is 116 cm³/mol. The molecule has 1 aliphatic carbocycles. The van der Waals surface area contributed by atoms with Gasteiger partial charge in [0.05, 0.1) is 18.3 Å². The smallest absolute Gasteiger partial charge is 0.257 e. The molecule has 1 heterocycles. The second-order valence-electron chi connectivity index (χ2n) is 8.63. The Morgan fingerprint density at radius 2 is 1.81 bits per heavy atom. The lowest BCUT2D eigenvalue weighted by Gasteiger charge is -2.38. The average molecular weight is 443 g/mol. The van der Waals surface area contributed by atoms with Gasteiger partial charge >= 0.3 is 0 Å². The first kappa shape index (κ1) is 22.4. The highest BCUT2D eigenvalue weighted by Crippen LogP contribution is 2.26. The molecule has 1 atom stereocenters. The molecule has 2 amide bonds. The molecule has 1 aliphatic heterocycles. The zero-order valence-electron chi connectivity index (χ0n) is 18.2. The number of morpholine rings is 1. The lowest BCUT2D eigenvalue weighted by atomic mass is 10.1. The summed E-state index contributed by atoms with van der Waals surface area (Å²) >= 11 is 0. The molecule has 0 aromatic heterocycles. The summed E-state index contributed by atoms with van der Waals surface area (Å²) in [5.74, 6) is -2.12. The Labute approximate surface area is 187 Å². The number of rotatable bonds is 5. The lowest BCUT2D eigenvalue weighted by molar-refractivity contribution is -0.0372. The van der Waals surface area contributed by atoms with E-state index in [1.807, 2.05) is 36.1 Å². The van der Waals surface area contributed by atoms with Gasteiger partial charge in [0, 0.05) is 37.3 Å². The maximum atomic E-state index is 14.1. The molecule has 0 radical (unpaired) electrons. The Kier molecular flexibility index (Phi) is 6.84. The molecular formula is C25H28F2N2O3. The summed E-state index contributed by atoms with van der Waals surface area (Å²) in [6.07, 6.45) is 3.71. The molecule has 0 spiro atoms. The normalized spacial score (nSPS) is 19.2. The van der Waals surface area contributed by atoms with E-state index in [1.165, 1.54) is 11.0 Å². The van der Waals surface area contributed by atoms with Gasteiger partial charge in [-0.25, -0.2) is 8.78 Å². The number of ether oxygens (including phenoxy) is 1. The van der Waals surface area contributed by atoms with E-state index >= 15 is 0 Å². The fourth-order valence-electron chi connectivity index (χ4n) is 4.54. The maximum Gasteiger partial charge on any atom is 0.257 e. The molecule has 0 N–H and O–H groups in total. The van der Waals surface area contributed by atoms with Gasteiger partial charge in [0.2, 0.25) is 0 Å². The van der Waals surface area contributed by atoms with E-state index in [0.29, 0.717) is 31.3 Å². The highest BCUT2D eigenvalue weighted by Gasteiger charge is 2.33. The van der Waals surface area contributed by atoms with E-state index in [2.05, 4.69) is 0 Å². The predicted octanol–water partition coefficient (Wildman–Crippen LogP) is 4.20. The van der Waals surface area contributed by atoms with Crippen LogP contribution in [0.2, 0.25) is 0 Å². The van der Waals surface area contributed by atoms with Crippen molar-refractivity contribution in [1.82, 2.24) is 9.80 Å². The minimum absolute atomic E-state index is 0.0338. The number of hydrogen-bond donors (Lipinski definition) is 0. The van der Waals surface area contributed by atoms with Gasteiger partial charge in [0.25, 0.3) is 11.8 Å². The van der Waals surface area contributed by atoms with Crippen molar-refractivity contribution in [3.05, 3.63) is 70.8 Å². The molecule has 1 saturated heterocycles. The summed E-state index contributed by atoms with van der Waals surface area (Å²) in [5, 5.41) is 0. The zero-order valence-corrected chi connectivity index (χ0v) is 18.2. The quantitative estimate of drug-likeness (QED) is 0.698. The van der Waals surface area contributed by atoms with Crippen LogP contribution in [0.5, 0.6) is 0 Å². The van der Waals surface area contributed by atoms with Crippen molar-refractivity contribution in [3.8, 4) is 0 Å². The van der Waals surface area contributed by atoms with Crippen LogP contribution in [0.1, 0.15) is 52.0 Å². The van der Waals surface area contributed by atoms with E-state index in [0.717, 1.165) is 37.3 Å². The van der Waals surface area contributed by atoms with Crippen LogP contribution in [0.3, 0.4) is 0 Å². The second kappa shape index (κ2) is 9.77. The third-order valence-corrected chi connectivity index (χ3v) is 6.31. The standard InChI is InChI=1S/C25H28F2N2O3/c1-17-6-8-18(9-7-17)24(30)29(20-4-2-3-5-20)16-21-15-28(12-13-32-21)25(31)22-11-10-19(26)14-23(22)27/h6-11,14,20-21H,2-5,12-13,15-16H2,1H3/t21-/m0/s1. The molecule has 0 bridgehead atoms. The van der Waals surface area contributed by atoms with Crippen molar-refractivity contribution in [1.29, 1.82) is 0 Å². The van der Waals surface area contributed by atoms with Crippen LogP contribution in [-0.4, -0.2) is 60.0 Å². The van der Waals surface area contributed by atoms with Crippen LogP contribution >= 0.6 is 0 Å². The van der Waals surface area contributed by atoms with Crippen LogP contribution in [0.25, 0.3) is 0 Å². The van der Waals surface area contributed by atoms with Gasteiger partial charge in [-0.15, -0.1) is 0 Å². The highest BCUT2D eigenvalue weighted by atomic mass is 19.1. The molecule has 2 aromatic rings. The van der Waals surface area contributed by atoms with Gasteiger partial charge in [0.1, 0.15) is 11.6 Å². The lowest BCUT2D eigenvalue weighted by Crippen LogP contribution is -2.52. The summed E-state index contributed by atoms with van der Waals surface area (Å²) in [4.78, 5) is 29.6. The molecular weight excluding hydrogens is 414 g/mol. The number of halogens is 2. The molecule has 4 rings (SSSR count). The molecule has 32 heavy (non-hydrogen) atoms. The molecule has 2 aromatic carbocycles. The summed E-state index contributed by atoms with van der Waals surface area (Å²) < 4.78 is 33.2. The Bertz CT molecular complexity index is 974. The number of hydrogen-bond acceptors (Lipinski definition) is 3. The van der Waals surface area contributed by atoms with Crippen molar-refractivity contribution in [2.75, 3.05) is 26.2 Å². The Balaban J connectivity index is 1.48. The summed E-state index contributed by atoms with van der Waals surface area (Å²) in [6, 6.07) is 10.6. The molecule has 5 nitrogen and oxygen atoms in total. The second-order valence-corrected chi connectivity index (χ2v) is 8.63. The minimum atomic E-state index is -0.875. The largest absolute Gasteiger partial charge is 0.373 e. The molecule has 7 heteroatoms. The van der Waals surface area contributed by atoms with Crippen molar-refractivity contribution in [3.63, 3.8) is 0 Å². The molecule has 0 unspecified atom stereocenters. The number of nitrogens with zero attached hydrogens (tertiary/aromatic N) is 2. The number of aryl methyl sites for hydroxylation is 1. The first-order valence-electron chi connectivity index (χ1n) is 11.2. The fourth-order valence-corrected chi connectivity index (χ4v) is 4.54. The molecule has 170 valence electrons. The van der Waals surface area contributed by atoms with E-state index < -0.39 is 17.5 Å². The van der Waals surface area contributed by atoms with Gasteiger partial charge in [-0.2, -0.15) is 0 Å². The van der Waals surface area contributed by atoms with Gasteiger partial charge in [0.15, 0.2) is 0 Å². The first-order chi connectivity index (χ1) is 15.4. The minimum Gasteiger partial charge on any atom is -0.373 e. The Morgan fingerprint density at radius 1 is 1.09 bits per heavy atom. The van der Waals surface area contributed by atoms with Gasteiger partial charge in [-0.3, -0.25) is 9.59 Å². The summed E-state index contributed by atoms with van der Waals surface area (Å²) in [5.41, 5.74) is 1.57. The summed E-state index contributed by atoms with van der Waals surface area (Å²) in [6.45, 7) is 3.22. The van der Waals surface area contributed by atoms with Crippen molar-refractivity contribution < 1.29 is 23.1 Å². The van der Waals surface area contributed by atoms with Gasteiger partial charge in [-0.1, -0.05) is 30.5 Å². The number of carbonyl (C=O) groups is 2. The monoisotopic (exact) mass is 442 g/mol. The van der Waals surface area contributed by atoms with Crippen molar-refractivity contribution >= 4 is 11.8 Å². The van der Waals surface area contributed by atoms with E-state index in [9.17, 15) is 18.4 Å². The fraction of sp³-hybridized carbons (Fsp3) is 0.440. The Hall–Kier alpha value is -2.80. The first-order valence-corrected chi connectivity index (χ1v) is 11.2. The van der Waals surface area contributed by atoms with E-state index in [4.69, 9.17) is 4.74 Å². The van der Waals surface area contributed by atoms with Gasteiger partial charge in [-0.05, 0) is 44.0 Å². The zero-order chi connectivity index (χ0) is 22.7. The van der Waals surface area contributed by atoms with Gasteiger partial charge < -0.3 is 14.5 Å². The molecule has 1 saturated carbocycles. The number of carbonyl (C=O) groups excluding carboxylic acids is 2. The molecule has 2 fully saturated rings. The topological polar surface area (TPSA) is 49.9 Å². The van der Waals surface area contributed by atoms with Crippen LogP contribution in [-0.2, 0) is 4.74 Å². The van der Waals surface area contributed by atoms with Crippen molar-refractivity contribution in [2.24, 2.45) is 0 Å². The number of benzene rings is 2. The summed E-state index contributed by atoms with van der Waals surface area (Å²) in [7, 11) is 0. The third kappa shape index (κ3) is 4.99. The number of amides is 2. The van der Waals surface area contributed by atoms with E-state index in [1.54, 1.807) is 0 Å². The Morgan fingerprint density at radius 3 is 2.50 bits per heavy atom. The van der Waals surface area contributed by atoms with E-state index in [-0.39, 0.29) is 30.2 Å². The van der Waals surface area contributed by atoms with Crippen LogP contribution in [0.4, 0.5) is 8.78 Å². The highest BCUT2D eigenvalue weighted by molar-refractivity contribution is 5.95. The maximum absolute atomic E-state index is 14.1. The van der Waals surface area contributed by atoms with Crippen molar-refractivity contribution in [2.45, 2.75) is 44.8 Å². The van der Waals surface area contributed by atoms with Crippen LogP contribution < -0.4 is 0 Å². The average Bonchev–Trinajstić information content (AvgIpc) is 3.32. The molecule has 2 aliphatic rings. The van der Waals surface area contributed by atoms with Crippen LogP contribution in [0, 0.1) is 18.6 Å². The van der Waals surface area contributed by atoms with Crippen LogP contribution in [0.15, 0.2) is 42.5 Å². The SMILES string of the molecule is Cc1ccc(C(=O)N(C[C@@H]2CN(C(=O)c3ccc(F)cc3F)CCO2)C2CCCC2)cc1. The third-order valence-electron chi connectivity index (χ3n) is 6.31.